The van der Waals surface area contributed by atoms with Gasteiger partial charge in [-0.2, -0.15) is 5.21 Å². The molecule has 6 heteroatoms. The van der Waals surface area contributed by atoms with Gasteiger partial charge < -0.3 is 9.80 Å². The summed E-state index contributed by atoms with van der Waals surface area (Å²) in [5.74, 6) is 1.32. The van der Waals surface area contributed by atoms with Crippen LogP contribution in [0.15, 0.2) is 18.2 Å². The number of nitrogens with one attached hydrogen (secondary N) is 1. The second kappa shape index (κ2) is 7.08. The zero-order valence-corrected chi connectivity index (χ0v) is 14.3. The van der Waals surface area contributed by atoms with Gasteiger partial charge in [0.25, 0.3) is 0 Å². The second-order valence-electron chi connectivity index (χ2n) is 6.61. The number of piperazine rings is 1. The molecule has 2 aromatic rings. The molecule has 124 valence electrons. The molecule has 1 fully saturated rings. The standard InChI is InChI=1S/C17H26N6/c1-4-22-7-9-23(10-8-22)16-12-14(11-13(2)3)5-6-15(16)17-18-20-21-19-17/h5-6,12-13H,4,7-11H2,1-3H3,(H,18,19,20,21). The minimum Gasteiger partial charge on any atom is -0.368 e. The van der Waals surface area contributed by atoms with Crippen molar-refractivity contribution in [2.75, 3.05) is 37.6 Å². The highest BCUT2D eigenvalue weighted by atomic mass is 15.5. The average Bonchev–Trinajstić information content (AvgIpc) is 3.08. The smallest absolute Gasteiger partial charge is 0.206 e. The van der Waals surface area contributed by atoms with E-state index < -0.39 is 0 Å². The fraction of sp³-hybridized carbons (Fsp3) is 0.588. The Hall–Kier alpha value is -1.95. The first-order valence-electron chi connectivity index (χ1n) is 8.51. The Morgan fingerprint density at radius 1 is 1.17 bits per heavy atom. The third-order valence-electron chi connectivity index (χ3n) is 4.45. The number of nitrogens with zero attached hydrogens (tertiary/aromatic N) is 5. The van der Waals surface area contributed by atoms with Crippen LogP contribution in [-0.4, -0.2) is 58.2 Å². The monoisotopic (exact) mass is 314 g/mol. The molecule has 1 aliphatic heterocycles. The number of aromatic amines is 1. The topological polar surface area (TPSA) is 60.9 Å². The number of rotatable bonds is 5. The highest BCUT2D eigenvalue weighted by Crippen LogP contribution is 2.31. The van der Waals surface area contributed by atoms with E-state index in [1.54, 1.807) is 0 Å². The molecule has 1 aliphatic rings. The quantitative estimate of drug-likeness (QED) is 0.917. The molecule has 1 aromatic carbocycles. The summed E-state index contributed by atoms with van der Waals surface area (Å²) in [7, 11) is 0. The maximum atomic E-state index is 4.18. The normalized spacial score (nSPS) is 16.3. The molecule has 0 atom stereocenters. The van der Waals surface area contributed by atoms with Gasteiger partial charge in [0.1, 0.15) is 0 Å². The van der Waals surface area contributed by atoms with E-state index in [0.29, 0.717) is 11.7 Å². The van der Waals surface area contributed by atoms with E-state index in [0.717, 1.165) is 44.7 Å². The van der Waals surface area contributed by atoms with Gasteiger partial charge in [0.05, 0.1) is 0 Å². The summed E-state index contributed by atoms with van der Waals surface area (Å²) >= 11 is 0. The van der Waals surface area contributed by atoms with Crippen LogP contribution in [0.2, 0.25) is 0 Å². The number of hydrogen-bond acceptors (Lipinski definition) is 5. The molecule has 1 aromatic heterocycles. The molecule has 3 rings (SSSR count). The highest BCUT2D eigenvalue weighted by Gasteiger charge is 2.20. The van der Waals surface area contributed by atoms with Crippen LogP contribution in [-0.2, 0) is 6.42 Å². The van der Waals surface area contributed by atoms with Crippen molar-refractivity contribution >= 4 is 5.69 Å². The predicted octanol–water partition coefficient (Wildman–Crippen LogP) is 2.21. The number of hydrogen-bond donors (Lipinski definition) is 1. The lowest BCUT2D eigenvalue weighted by atomic mass is 9.99. The number of likely N-dealkylation sites (N-methyl/N-ethyl adjacent to an activating group) is 1. The van der Waals surface area contributed by atoms with Crippen LogP contribution >= 0.6 is 0 Å². The van der Waals surface area contributed by atoms with Gasteiger partial charge in [-0.3, -0.25) is 0 Å². The molecule has 0 spiro atoms. The second-order valence-corrected chi connectivity index (χ2v) is 6.61. The van der Waals surface area contributed by atoms with Crippen molar-refractivity contribution < 1.29 is 0 Å². The van der Waals surface area contributed by atoms with Gasteiger partial charge >= 0.3 is 0 Å². The fourth-order valence-corrected chi connectivity index (χ4v) is 3.21. The lowest BCUT2D eigenvalue weighted by Crippen LogP contribution is -2.46. The number of anilines is 1. The maximum absolute atomic E-state index is 4.18. The molecule has 0 radical (unpaired) electrons. The summed E-state index contributed by atoms with van der Waals surface area (Å²) in [6, 6.07) is 6.65. The van der Waals surface area contributed by atoms with E-state index in [1.807, 2.05) is 0 Å². The maximum Gasteiger partial charge on any atom is 0.206 e. The van der Waals surface area contributed by atoms with Crippen molar-refractivity contribution in [3.05, 3.63) is 23.8 Å². The summed E-state index contributed by atoms with van der Waals surface area (Å²) in [5, 5.41) is 14.6. The van der Waals surface area contributed by atoms with Gasteiger partial charge in [-0.25, -0.2) is 0 Å². The molecule has 0 saturated carbocycles. The summed E-state index contributed by atoms with van der Waals surface area (Å²) in [5.41, 5.74) is 3.68. The number of H-pyrrole nitrogens is 1. The molecule has 0 amide bonds. The first-order valence-corrected chi connectivity index (χ1v) is 8.51. The lowest BCUT2D eigenvalue weighted by Gasteiger charge is -2.36. The summed E-state index contributed by atoms with van der Waals surface area (Å²) in [4.78, 5) is 4.95. The van der Waals surface area contributed by atoms with E-state index in [4.69, 9.17) is 0 Å². The highest BCUT2D eigenvalue weighted by molar-refractivity contribution is 5.75. The van der Waals surface area contributed by atoms with E-state index in [9.17, 15) is 0 Å². The van der Waals surface area contributed by atoms with Gasteiger partial charge in [-0.05, 0) is 41.8 Å². The van der Waals surface area contributed by atoms with E-state index in [2.05, 4.69) is 69.4 Å². The SMILES string of the molecule is CCN1CCN(c2cc(CC(C)C)ccc2-c2nn[nH]n2)CC1. The summed E-state index contributed by atoms with van der Waals surface area (Å²) in [6.45, 7) is 12.2. The molecule has 0 unspecified atom stereocenters. The molecule has 23 heavy (non-hydrogen) atoms. The molecule has 6 nitrogen and oxygen atoms in total. The number of benzene rings is 1. The van der Waals surface area contributed by atoms with Crippen LogP contribution in [0.25, 0.3) is 11.4 Å². The van der Waals surface area contributed by atoms with Crippen molar-refractivity contribution in [1.29, 1.82) is 0 Å². The molecule has 1 N–H and O–H groups in total. The number of tetrazole rings is 1. The molecular weight excluding hydrogens is 288 g/mol. The Labute approximate surface area is 137 Å². The van der Waals surface area contributed by atoms with Crippen molar-refractivity contribution in [3.8, 4) is 11.4 Å². The van der Waals surface area contributed by atoms with E-state index >= 15 is 0 Å². The van der Waals surface area contributed by atoms with Gasteiger partial charge in [-0.1, -0.05) is 26.8 Å². The van der Waals surface area contributed by atoms with Crippen LogP contribution in [0.5, 0.6) is 0 Å². The van der Waals surface area contributed by atoms with Crippen LogP contribution in [0, 0.1) is 5.92 Å². The lowest BCUT2D eigenvalue weighted by molar-refractivity contribution is 0.271. The first-order chi connectivity index (χ1) is 11.2. The Morgan fingerprint density at radius 3 is 2.57 bits per heavy atom. The molecule has 0 bridgehead atoms. The van der Waals surface area contributed by atoms with Crippen molar-refractivity contribution in [2.24, 2.45) is 5.92 Å². The van der Waals surface area contributed by atoms with Crippen LogP contribution < -0.4 is 4.90 Å². The first kappa shape index (κ1) is 15.9. The Balaban J connectivity index is 1.91. The Morgan fingerprint density at radius 2 is 1.96 bits per heavy atom. The zero-order chi connectivity index (χ0) is 16.2. The van der Waals surface area contributed by atoms with Gasteiger partial charge in [0.2, 0.25) is 5.82 Å². The Kier molecular flexibility index (Phi) is 4.91. The largest absolute Gasteiger partial charge is 0.368 e. The molecule has 1 saturated heterocycles. The zero-order valence-electron chi connectivity index (χ0n) is 14.3. The van der Waals surface area contributed by atoms with Gasteiger partial charge in [0.15, 0.2) is 0 Å². The van der Waals surface area contributed by atoms with Gasteiger partial charge in [-0.15, -0.1) is 10.2 Å². The minimum atomic E-state index is 0.649. The molecular formula is C17H26N6. The van der Waals surface area contributed by atoms with E-state index in [1.165, 1.54) is 11.3 Å². The number of aromatic nitrogens is 4. The van der Waals surface area contributed by atoms with Crippen LogP contribution in [0.4, 0.5) is 5.69 Å². The summed E-state index contributed by atoms with van der Waals surface area (Å²) in [6.07, 6.45) is 1.09. The average molecular weight is 314 g/mol. The predicted molar refractivity (Wildman–Crippen MR) is 92.5 cm³/mol. The third-order valence-corrected chi connectivity index (χ3v) is 4.45. The van der Waals surface area contributed by atoms with Gasteiger partial charge in [0, 0.05) is 37.4 Å². The van der Waals surface area contributed by atoms with Crippen LogP contribution in [0.1, 0.15) is 26.3 Å². The third kappa shape index (κ3) is 3.69. The Bertz CT molecular complexity index is 614. The molecule has 0 aliphatic carbocycles. The minimum absolute atomic E-state index is 0.649. The van der Waals surface area contributed by atoms with Crippen LogP contribution in [0.3, 0.4) is 0 Å². The summed E-state index contributed by atoms with van der Waals surface area (Å²) < 4.78 is 0. The van der Waals surface area contributed by atoms with Crippen molar-refractivity contribution in [2.45, 2.75) is 27.2 Å². The fourth-order valence-electron chi connectivity index (χ4n) is 3.21. The van der Waals surface area contributed by atoms with Crippen molar-refractivity contribution in [1.82, 2.24) is 25.5 Å². The van der Waals surface area contributed by atoms with Crippen molar-refractivity contribution in [3.63, 3.8) is 0 Å². The van der Waals surface area contributed by atoms with E-state index in [-0.39, 0.29) is 0 Å². The molecule has 2 heterocycles.